The molecule has 2 aromatic rings. The van der Waals surface area contributed by atoms with Crippen LogP contribution >= 0.6 is 11.5 Å². The number of benzene rings is 1. The molecule has 6 nitrogen and oxygen atoms in total. The number of aryl methyl sites for hydroxylation is 1. The van der Waals surface area contributed by atoms with Crippen LogP contribution in [0.5, 0.6) is 0 Å². The first kappa shape index (κ1) is 17.7. The lowest BCUT2D eigenvalue weighted by Gasteiger charge is -2.09. The van der Waals surface area contributed by atoms with Gasteiger partial charge in [0.2, 0.25) is 5.91 Å². The molecule has 0 bridgehead atoms. The van der Waals surface area contributed by atoms with Crippen LogP contribution in [0.2, 0.25) is 0 Å². The highest BCUT2D eigenvalue weighted by Gasteiger charge is 2.19. The Morgan fingerprint density at radius 1 is 1.21 bits per heavy atom. The van der Waals surface area contributed by atoms with Gasteiger partial charge in [-0.15, -0.1) is 0 Å². The fraction of sp³-hybridized carbons (Fsp3) is 0.214. The van der Waals surface area contributed by atoms with Gasteiger partial charge < -0.3 is 16.0 Å². The predicted molar refractivity (Wildman–Crippen MR) is 83.7 cm³/mol. The molecule has 0 unspecified atom stereocenters. The van der Waals surface area contributed by atoms with Gasteiger partial charge in [0.1, 0.15) is 5.00 Å². The van der Waals surface area contributed by atoms with E-state index in [0.717, 1.165) is 17.6 Å². The SMILES string of the molecule is CNc1snc(C)c1C(=O)NCC(=O)Nc1ccc(F)c(F)c1F. The second kappa shape index (κ2) is 7.30. The van der Waals surface area contributed by atoms with Gasteiger partial charge in [0, 0.05) is 7.05 Å². The number of anilines is 2. The van der Waals surface area contributed by atoms with Crippen molar-refractivity contribution in [3.8, 4) is 0 Å². The van der Waals surface area contributed by atoms with Crippen LogP contribution in [0.15, 0.2) is 12.1 Å². The van der Waals surface area contributed by atoms with Crippen molar-refractivity contribution in [1.29, 1.82) is 0 Å². The lowest BCUT2D eigenvalue weighted by Crippen LogP contribution is -2.33. The summed E-state index contributed by atoms with van der Waals surface area (Å²) in [6.07, 6.45) is 0. The fourth-order valence-corrected chi connectivity index (χ4v) is 2.62. The maximum absolute atomic E-state index is 13.5. The molecule has 3 N–H and O–H groups in total. The van der Waals surface area contributed by atoms with Crippen LogP contribution in [-0.2, 0) is 4.79 Å². The average Bonchev–Trinajstić information content (AvgIpc) is 2.94. The van der Waals surface area contributed by atoms with Gasteiger partial charge in [-0.1, -0.05) is 0 Å². The lowest BCUT2D eigenvalue weighted by molar-refractivity contribution is -0.115. The standard InChI is InChI=1S/C14H13F3N4O2S/c1-6-10(14(18-2)24-21-6)13(23)19-5-9(22)20-8-4-3-7(15)11(16)12(8)17/h3-4,18H,5H2,1-2H3,(H,19,23)(H,20,22). The molecule has 24 heavy (non-hydrogen) atoms. The van der Waals surface area contributed by atoms with E-state index in [2.05, 4.69) is 20.3 Å². The second-order valence-corrected chi connectivity index (χ2v) is 5.45. The van der Waals surface area contributed by atoms with Crippen LogP contribution in [0.1, 0.15) is 16.1 Å². The molecule has 128 valence electrons. The Labute approximate surface area is 139 Å². The van der Waals surface area contributed by atoms with Gasteiger partial charge in [-0.2, -0.15) is 4.37 Å². The number of nitrogens with one attached hydrogen (secondary N) is 3. The zero-order chi connectivity index (χ0) is 17.9. The summed E-state index contributed by atoms with van der Waals surface area (Å²) < 4.78 is 43.4. The van der Waals surface area contributed by atoms with Gasteiger partial charge in [-0.3, -0.25) is 9.59 Å². The maximum Gasteiger partial charge on any atom is 0.256 e. The number of amides is 2. The quantitative estimate of drug-likeness (QED) is 0.716. The van der Waals surface area contributed by atoms with E-state index in [1.807, 2.05) is 0 Å². The van der Waals surface area contributed by atoms with Gasteiger partial charge in [0.25, 0.3) is 5.91 Å². The van der Waals surface area contributed by atoms with E-state index in [0.29, 0.717) is 22.3 Å². The first-order chi connectivity index (χ1) is 11.3. The normalized spacial score (nSPS) is 10.4. The molecular weight excluding hydrogens is 345 g/mol. The van der Waals surface area contributed by atoms with E-state index >= 15 is 0 Å². The third kappa shape index (κ3) is 3.65. The topological polar surface area (TPSA) is 83.1 Å². The summed E-state index contributed by atoms with van der Waals surface area (Å²) in [7, 11) is 1.63. The van der Waals surface area contributed by atoms with Crippen molar-refractivity contribution < 1.29 is 22.8 Å². The Hall–Kier alpha value is -2.62. The van der Waals surface area contributed by atoms with Crippen molar-refractivity contribution in [2.45, 2.75) is 6.92 Å². The number of carbonyl (C=O) groups excluding carboxylic acids is 2. The van der Waals surface area contributed by atoms with E-state index in [4.69, 9.17) is 0 Å². The molecule has 0 aliphatic rings. The van der Waals surface area contributed by atoms with Gasteiger partial charge in [0.05, 0.1) is 23.5 Å². The van der Waals surface area contributed by atoms with E-state index < -0.39 is 41.5 Å². The van der Waals surface area contributed by atoms with Crippen LogP contribution in [0.25, 0.3) is 0 Å². The molecule has 0 radical (unpaired) electrons. The summed E-state index contributed by atoms with van der Waals surface area (Å²) in [5.41, 5.74) is 0.278. The highest BCUT2D eigenvalue weighted by molar-refractivity contribution is 7.10. The number of carbonyl (C=O) groups is 2. The molecule has 0 aliphatic heterocycles. The van der Waals surface area contributed by atoms with E-state index in [1.165, 1.54) is 0 Å². The molecule has 0 spiro atoms. The molecule has 1 aromatic heterocycles. The Bertz CT molecular complexity index is 795. The number of hydrogen-bond acceptors (Lipinski definition) is 5. The van der Waals surface area contributed by atoms with E-state index in [1.54, 1.807) is 14.0 Å². The van der Waals surface area contributed by atoms with Crippen molar-refractivity contribution in [2.75, 3.05) is 24.2 Å². The van der Waals surface area contributed by atoms with E-state index in [9.17, 15) is 22.8 Å². The summed E-state index contributed by atoms with van der Waals surface area (Å²) >= 11 is 1.10. The third-order valence-electron chi connectivity index (χ3n) is 3.04. The molecule has 0 aliphatic carbocycles. The first-order valence-electron chi connectivity index (χ1n) is 6.70. The molecule has 2 rings (SSSR count). The van der Waals surface area contributed by atoms with Gasteiger partial charge in [0.15, 0.2) is 17.5 Å². The monoisotopic (exact) mass is 358 g/mol. The lowest BCUT2D eigenvalue weighted by atomic mass is 10.2. The summed E-state index contributed by atoms with van der Waals surface area (Å²) in [6, 6.07) is 1.58. The highest BCUT2D eigenvalue weighted by atomic mass is 32.1. The molecule has 1 aromatic carbocycles. The first-order valence-corrected chi connectivity index (χ1v) is 7.48. The van der Waals surface area contributed by atoms with Crippen molar-refractivity contribution in [2.24, 2.45) is 0 Å². The minimum absolute atomic E-state index is 0.300. The summed E-state index contributed by atoms with van der Waals surface area (Å²) in [6.45, 7) is 1.17. The number of hydrogen-bond donors (Lipinski definition) is 3. The van der Waals surface area contributed by atoms with Gasteiger partial charge in [-0.05, 0) is 30.6 Å². The van der Waals surface area contributed by atoms with Crippen molar-refractivity contribution in [1.82, 2.24) is 9.69 Å². The maximum atomic E-state index is 13.5. The number of aromatic nitrogens is 1. The minimum atomic E-state index is -1.68. The van der Waals surface area contributed by atoms with Gasteiger partial charge >= 0.3 is 0 Å². The van der Waals surface area contributed by atoms with Crippen molar-refractivity contribution in [3.63, 3.8) is 0 Å². The molecule has 0 atom stereocenters. The zero-order valence-corrected chi connectivity index (χ0v) is 13.5. The van der Waals surface area contributed by atoms with Crippen LogP contribution in [0, 0.1) is 24.4 Å². The summed E-state index contributed by atoms with van der Waals surface area (Å²) in [5, 5.41) is 7.76. The van der Waals surface area contributed by atoms with E-state index in [-0.39, 0.29) is 0 Å². The highest BCUT2D eigenvalue weighted by Crippen LogP contribution is 2.23. The molecule has 0 saturated carbocycles. The van der Waals surface area contributed by atoms with Crippen molar-refractivity contribution >= 4 is 34.0 Å². The molecular formula is C14H13F3N4O2S. The molecule has 2 amide bonds. The van der Waals surface area contributed by atoms with Crippen LogP contribution in [0.3, 0.4) is 0 Å². The molecule has 1 heterocycles. The third-order valence-corrected chi connectivity index (χ3v) is 3.99. The Balaban J connectivity index is 2.00. The Kier molecular flexibility index (Phi) is 5.39. The van der Waals surface area contributed by atoms with Crippen LogP contribution < -0.4 is 16.0 Å². The Morgan fingerprint density at radius 3 is 2.58 bits per heavy atom. The van der Waals surface area contributed by atoms with Gasteiger partial charge in [-0.25, -0.2) is 13.2 Å². The fourth-order valence-electron chi connectivity index (χ4n) is 1.87. The molecule has 0 fully saturated rings. The number of rotatable bonds is 5. The average molecular weight is 358 g/mol. The summed E-state index contributed by atoms with van der Waals surface area (Å²) in [5.74, 6) is -5.88. The minimum Gasteiger partial charge on any atom is -0.378 e. The zero-order valence-electron chi connectivity index (χ0n) is 12.7. The second-order valence-electron chi connectivity index (χ2n) is 4.68. The molecule has 10 heteroatoms. The largest absolute Gasteiger partial charge is 0.378 e. The van der Waals surface area contributed by atoms with Crippen LogP contribution in [-0.4, -0.2) is 29.8 Å². The summed E-state index contributed by atoms with van der Waals surface area (Å²) in [4.78, 5) is 23.8. The molecule has 0 saturated heterocycles. The number of halogens is 3. The number of nitrogens with zero attached hydrogens (tertiary/aromatic N) is 1. The Morgan fingerprint density at radius 2 is 1.92 bits per heavy atom. The van der Waals surface area contributed by atoms with Crippen LogP contribution in [0.4, 0.5) is 23.9 Å². The van der Waals surface area contributed by atoms with Crippen molar-refractivity contribution in [3.05, 3.63) is 40.8 Å². The predicted octanol–water partition coefficient (Wildman–Crippen LogP) is 2.28. The smallest absolute Gasteiger partial charge is 0.256 e.